The molecule has 0 aliphatic carbocycles. The van der Waals surface area contributed by atoms with Crippen LogP contribution >= 0.6 is 0 Å². The van der Waals surface area contributed by atoms with E-state index in [0.29, 0.717) is 18.0 Å². The van der Waals surface area contributed by atoms with Crippen molar-refractivity contribution < 1.29 is 14.2 Å². The Bertz CT molecular complexity index is 818. The fraction of sp³-hybridized carbons (Fsp3) is 0.263. The van der Waals surface area contributed by atoms with Crippen molar-refractivity contribution in [3.63, 3.8) is 0 Å². The number of nitrogens with zero attached hydrogens (tertiary/aromatic N) is 3. The van der Waals surface area contributed by atoms with E-state index in [1.54, 1.807) is 32.8 Å². The van der Waals surface area contributed by atoms with Crippen LogP contribution in [0.15, 0.2) is 55.1 Å². The minimum atomic E-state index is -0.0475. The summed E-state index contributed by atoms with van der Waals surface area (Å²) < 4.78 is 18.9. The highest BCUT2D eigenvalue weighted by atomic mass is 16.5. The van der Waals surface area contributed by atoms with Crippen LogP contribution < -0.4 is 14.2 Å². The summed E-state index contributed by atoms with van der Waals surface area (Å²) in [5.74, 6) is 2.89. The quantitative estimate of drug-likeness (QED) is 0.660. The van der Waals surface area contributed by atoms with E-state index in [1.165, 1.54) is 0 Å². The second-order valence-corrected chi connectivity index (χ2v) is 5.56. The van der Waals surface area contributed by atoms with Gasteiger partial charge in [-0.1, -0.05) is 6.07 Å². The molecular weight excluding hydrogens is 318 g/mol. The summed E-state index contributed by atoms with van der Waals surface area (Å²) in [4.78, 5) is 8.56. The third kappa shape index (κ3) is 3.74. The lowest BCUT2D eigenvalue weighted by atomic mass is 10.1. The van der Waals surface area contributed by atoms with Crippen LogP contribution in [0.2, 0.25) is 0 Å². The number of benzene rings is 1. The fourth-order valence-electron chi connectivity index (χ4n) is 2.73. The maximum absolute atomic E-state index is 5.91. The van der Waals surface area contributed by atoms with Gasteiger partial charge in [-0.25, -0.2) is 4.98 Å². The van der Waals surface area contributed by atoms with E-state index in [-0.39, 0.29) is 6.10 Å². The van der Waals surface area contributed by atoms with Crippen LogP contribution in [0.5, 0.6) is 17.2 Å². The van der Waals surface area contributed by atoms with Gasteiger partial charge in [-0.15, -0.1) is 0 Å². The lowest BCUT2D eigenvalue weighted by Crippen LogP contribution is -2.19. The first-order chi connectivity index (χ1) is 12.2. The summed E-state index contributed by atoms with van der Waals surface area (Å²) in [6.07, 6.45) is 7.08. The molecule has 1 aromatic carbocycles. The molecule has 0 aliphatic heterocycles. The van der Waals surface area contributed by atoms with Crippen LogP contribution in [0, 0.1) is 0 Å². The van der Waals surface area contributed by atoms with Crippen molar-refractivity contribution >= 4 is 0 Å². The second-order valence-electron chi connectivity index (χ2n) is 5.56. The number of hydrogen-bond acceptors (Lipinski definition) is 5. The number of ether oxygens (including phenoxy) is 3. The van der Waals surface area contributed by atoms with Gasteiger partial charge in [0.15, 0.2) is 11.5 Å². The number of rotatable bonds is 7. The second kappa shape index (κ2) is 7.70. The van der Waals surface area contributed by atoms with Gasteiger partial charge in [0.25, 0.3) is 0 Å². The van der Waals surface area contributed by atoms with E-state index in [0.717, 1.165) is 17.1 Å². The van der Waals surface area contributed by atoms with Gasteiger partial charge in [-0.3, -0.25) is 4.98 Å². The number of para-hydroxylation sites is 1. The van der Waals surface area contributed by atoms with Crippen molar-refractivity contribution in [2.24, 2.45) is 0 Å². The molecule has 0 saturated heterocycles. The van der Waals surface area contributed by atoms with E-state index in [4.69, 9.17) is 14.2 Å². The summed E-state index contributed by atoms with van der Waals surface area (Å²) in [6.45, 7) is 2.66. The number of methoxy groups -OCH3 is 2. The fourth-order valence-corrected chi connectivity index (χ4v) is 2.73. The van der Waals surface area contributed by atoms with Gasteiger partial charge in [-0.2, -0.15) is 0 Å². The van der Waals surface area contributed by atoms with Crippen LogP contribution in [-0.2, 0) is 6.54 Å². The number of imidazole rings is 1. The smallest absolute Gasteiger partial charge is 0.171 e. The molecule has 1 atom stereocenters. The molecule has 130 valence electrons. The van der Waals surface area contributed by atoms with Crippen LogP contribution in [0.25, 0.3) is 11.4 Å². The zero-order valence-corrected chi connectivity index (χ0v) is 14.5. The zero-order chi connectivity index (χ0) is 17.6. The van der Waals surface area contributed by atoms with E-state index in [1.807, 2.05) is 48.0 Å². The van der Waals surface area contributed by atoms with Crippen LogP contribution in [0.1, 0.15) is 6.92 Å². The van der Waals surface area contributed by atoms with Crippen molar-refractivity contribution in [3.05, 3.63) is 55.1 Å². The van der Waals surface area contributed by atoms with Gasteiger partial charge < -0.3 is 18.8 Å². The Morgan fingerprint density at radius 2 is 1.96 bits per heavy atom. The average Bonchev–Trinajstić information content (AvgIpc) is 3.09. The molecule has 6 nitrogen and oxygen atoms in total. The summed E-state index contributed by atoms with van der Waals surface area (Å²) in [5, 5.41) is 0. The number of pyridine rings is 1. The molecular formula is C19H21N3O3. The summed E-state index contributed by atoms with van der Waals surface area (Å²) >= 11 is 0. The van der Waals surface area contributed by atoms with Crippen LogP contribution in [0.3, 0.4) is 0 Å². The van der Waals surface area contributed by atoms with Crippen LogP contribution in [0.4, 0.5) is 0 Å². The van der Waals surface area contributed by atoms with Crippen molar-refractivity contribution in [2.45, 2.75) is 19.6 Å². The molecule has 0 aliphatic rings. The molecule has 0 radical (unpaired) electrons. The monoisotopic (exact) mass is 339 g/mol. The largest absolute Gasteiger partial charge is 0.493 e. The Hall–Kier alpha value is -3.02. The zero-order valence-electron chi connectivity index (χ0n) is 14.5. The summed E-state index contributed by atoms with van der Waals surface area (Å²) in [7, 11) is 3.25. The van der Waals surface area contributed by atoms with E-state index < -0.39 is 0 Å². The third-order valence-electron chi connectivity index (χ3n) is 3.78. The van der Waals surface area contributed by atoms with Gasteiger partial charge in [-0.05, 0) is 31.2 Å². The molecule has 3 aromatic rings. The van der Waals surface area contributed by atoms with Crippen LogP contribution in [-0.4, -0.2) is 34.9 Å². The molecule has 0 fully saturated rings. The number of aromatic nitrogens is 3. The highest BCUT2D eigenvalue weighted by Gasteiger charge is 2.17. The first-order valence-corrected chi connectivity index (χ1v) is 8.02. The first-order valence-electron chi connectivity index (χ1n) is 8.02. The van der Waals surface area contributed by atoms with Gasteiger partial charge in [0.1, 0.15) is 17.7 Å². The molecule has 0 amide bonds. The molecule has 0 bridgehead atoms. The predicted octanol–water partition coefficient (Wildman–Crippen LogP) is 3.43. The molecule has 3 rings (SSSR count). The molecule has 6 heteroatoms. The maximum atomic E-state index is 5.91. The minimum Gasteiger partial charge on any atom is -0.493 e. The normalized spacial score (nSPS) is 11.8. The van der Waals surface area contributed by atoms with Gasteiger partial charge >= 0.3 is 0 Å². The molecule has 2 heterocycles. The predicted molar refractivity (Wildman–Crippen MR) is 95.1 cm³/mol. The lowest BCUT2D eigenvalue weighted by Gasteiger charge is -2.18. The topological polar surface area (TPSA) is 58.4 Å². The molecule has 0 saturated carbocycles. The Balaban J connectivity index is 1.84. The average molecular weight is 339 g/mol. The highest BCUT2D eigenvalue weighted by Crippen LogP contribution is 2.37. The Kier molecular flexibility index (Phi) is 5.18. The molecule has 0 unspecified atom stereocenters. The number of hydrogen-bond donors (Lipinski definition) is 0. The van der Waals surface area contributed by atoms with E-state index in [9.17, 15) is 0 Å². The van der Waals surface area contributed by atoms with Gasteiger partial charge in [0.2, 0.25) is 0 Å². The molecule has 0 spiro atoms. The Morgan fingerprint density at radius 1 is 1.08 bits per heavy atom. The van der Waals surface area contributed by atoms with Crippen molar-refractivity contribution in [1.82, 2.24) is 14.5 Å². The standard InChI is InChI=1S/C19H21N3O3/c1-14(25-15-6-5-9-20-12-15)13-22-11-10-21-19(22)16-7-4-8-17(23-2)18(16)24-3/h4-12,14H,13H2,1-3H3/t14-/m0/s1. The molecule has 25 heavy (non-hydrogen) atoms. The van der Waals surface area contributed by atoms with Gasteiger partial charge in [0, 0.05) is 18.6 Å². The Labute approximate surface area is 147 Å². The van der Waals surface area contributed by atoms with Crippen molar-refractivity contribution in [2.75, 3.05) is 14.2 Å². The summed E-state index contributed by atoms with van der Waals surface area (Å²) in [6, 6.07) is 9.50. The van der Waals surface area contributed by atoms with Crippen molar-refractivity contribution in [1.29, 1.82) is 0 Å². The first kappa shape index (κ1) is 16.8. The van der Waals surface area contributed by atoms with E-state index in [2.05, 4.69) is 9.97 Å². The van der Waals surface area contributed by atoms with Gasteiger partial charge in [0.05, 0.1) is 32.5 Å². The minimum absolute atomic E-state index is 0.0475. The molecule has 0 N–H and O–H groups in total. The molecule has 2 aromatic heterocycles. The highest BCUT2D eigenvalue weighted by molar-refractivity contribution is 5.69. The Morgan fingerprint density at radius 3 is 2.68 bits per heavy atom. The maximum Gasteiger partial charge on any atom is 0.171 e. The summed E-state index contributed by atoms with van der Waals surface area (Å²) in [5.41, 5.74) is 0.875. The van der Waals surface area contributed by atoms with Crippen molar-refractivity contribution in [3.8, 4) is 28.6 Å². The van der Waals surface area contributed by atoms with E-state index >= 15 is 0 Å². The third-order valence-corrected chi connectivity index (χ3v) is 3.78. The SMILES string of the molecule is COc1cccc(-c2nccn2C[C@H](C)Oc2cccnc2)c1OC. The lowest BCUT2D eigenvalue weighted by molar-refractivity contribution is 0.199.